The molecule has 1 aromatic carbocycles. The predicted molar refractivity (Wildman–Crippen MR) is 116 cm³/mol. The van der Waals surface area contributed by atoms with Crippen LogP contribution in [0.3, 0.4) is 0 Å². The van der Waals surface area contributed by atoms with Crippen molar-refractivity contribution in [2.75, 3.05) is 33.4 Å². The van der Waals surface area contributed by atoms with Crippen LogP contribution in [0.4, 0.5) is 0 Å². The normalized spacial score (nSPS) is 18.0. The number of methoxy groups -OCH3 is 1. The van der Waals surface area contributed by atoms with Gasteiger partial charge in [-0.15, -0.1) is 24.0 Å². The lowest BCUT2D eigenvalue weighted by molar-refractivity contribution is 0.105. The van der Waals surface area contributed by atoms with Crippen LogP contribution in [0, 0.1) is 0 Å². The molecule has 1 aromatic rings. The molecule has 0 radical (unpaired) electrons. The second-order valence-corrected chi connectivity index (χ2v) is 6.18. The topological polar surface area (TPSA) is 64.1 Å². The Bertz CT molecular complexity index is 537. The standard InChI is InChI=1S/C19H31N3O3.HI/c1-4-20-19(21-11-10-16-9-6-12-24-16)22-14-15(2)25-18-8-5-7-17(13-18)23-3;/h5,7-8,13,15-16H,4,6,9-12,14H2,1-3H3,(H2,20,21,22);1H. The smallest absolute Gasteiger partial charge is 0.191 e. The minimum absolute atomic E-state index is 0. The highest BCUT2D eigenvalue weighted by Crippen LogP contribution is 2.20. The molecule has 0 spiro atoms. The summed E-state index contributed by atoms with van der Waals surface area (Å²) in [6, 6.07) is 7.62. The van der Waals surface area contributed by atoms with Gasteiger partial charge in [0.05, 0.1) is 19.8 Å². The van der Waals surface area contributed by atoms with Gasteiger partial charge in [-0.2, -0.15) is 0 Å². The molecule has 1 fully saturated rings. The summed E-state index contributed by atoms with van der Waals surface area (Å²) in [4.78, 5) is 4.61. The Morgan fingerprint density at radius 3 is 2.85 bits per heavy atom. The lowest BCUT2D eigenvalue weighted by Crippen LogP contribution is -2.39. The average Bonchev–Trinajstić information content (AvgIpc) is 3.13. The number of aliphatic imine (C=N–C) groups is 1. The molecule has 2 unspecified atom stereocenters. The van der Waals surface area contributed by atoms with E-state index in [4.69, 9.17) is 14.2 Å². The van der Waals surface area contributed by atoms with Crippen molar-refractivity contribution >= 4 is 29.9 Å². The summed E-state index contributed by atoms with van der Waals surface area (Å²) in [6.45, 7) is 7.25. The molecule has 1 aliphatic heterocycles. The van der Waals surface area contributed by atoms with Crippen molar-refractivity contribution in [2.45, 2.75) is 45.3 Å². The van der Waals surface area contributed by atoms with Crippen LogP contribution >= 0.6 is 24.0 Å². The van der Waals surface area contributed by atoms with Crippen LogP contribution in [0.25, 0.3) is 0 Å². The van der Waals surface area contributed by atoms with E-state index < -0.39 is 0 Å². The molecule has 26 heavy (non-hydrogen) atoms. The van der Waals surface area contributed by atoms with Gasteiger partial charge in [-0.25, -0.2) is 4.99 Å². The maximum atomic E-state index is 5.91. The molecule has 0 aromatic heterocycles. The zero-order chi connectivity index (χ0) is 17.9. The first-order valence-corrected chi connectivity index (χ1v) is 9.15. The van der Waals surface area contributed by atoms with E-state index in [2.05, 4.69) is 22.5 Å². The van der Waals surface area contributed by atoms with Crippen LogP contribution in [-0.4, -0.2) is 51.5 Å². The molecule has 2 N–H and O–H groups in total. The fourth-order valence-electron chi connectivity index (χ4n) is 2.73. The Balaban J connectivity index is 0.00000338. The van der Waals surface area contributed by atoms with E-state index in [1.807, 2.05) is 31.2 Å². The van der Waals surface area contributed by atoms with Gasteiger partial charge in [0.1, 0.15) is 17.6 Å². The monoisotopic (exact) mass is 477 g/mol. The summed E-state index contributed by atoms with van der Waals surface area (Å²) in [5.74, 6) is 2.40. The molecule has 0 saturated carbocycles. The SMILES string of the molecule is CCNC(=NCC(C)Oc1cccc(OC)c1)NCCC1CCCO1.I. The summed E-state index contributed by atoms with van der Waals surface area (Å²) in [6.07, 6.45) is 3.73. The number of hydrogen-bond donors (Lipinski definition) is 2. The molecule has 0 amide bonds. The van der Waals surface area contributed by atoms with E-state index in [9.17, 15) is 0 Å². The van der Waals surface area contributed by atoms with Gasteiger partial charge < -0.3 is 24.8 Å². The second-order valence-electron chi connectivity index (χ2n) is 6.18. The molecule has 0 aliphatic carbocycles. The number of nitrogens with zero attached hydrogens (tertiary/aromatic N) is 1. The van der Waals surface area contributed by atoms with Crippen LogP contribution in [0.15, 0.2) is 29.3 Å². The Kier molecular flexibility index (Phi) is 11.4. The third-order valence-electron chi connectivity index (χ3n) is 4.01. The molecule has 148 valence electrons. The molecule has 6 nitrogen and oxygen atoms in total. The first kappa shape index (κ1) is 22.8. The largest absolute Gasteiger partial charge is 0.497 e. The number of rotatable bonds is 9. The highest BCUT2D eigenvalue weighted by molar-refractivity contribution is 14.0. The Hall–Kier alpha value is -1.22. The van der Waals surface area contributed by atoms with Crippen molar-refractivity contribution in [3.63, 3.8) is 0 Å². The van der Waals surface area contributed by atoms with Crippen LogP contribution in [0.2, 0.25) is 0 Å². The van der Waals surface area contributed by atoms with Gasteiger partial charge in [-0.3, -0.25) is 0 Å². The van der Waals surface area contributed by atoms with Gasteiger partial charge in [-0.05, 0) is 45.2 Å². The Morgan fingerprint density at radius 2 is 2.15 bits per heavy atom. The van der Waals surface area contributed by atoms with Crippen molar-refractivity contribution in [2.24, 2.45) is 4.99 Å². The minimum Gasteiger partial charge on any atom is -0.497 e. The van der Waals surface area contributed by atoms with Crippen LogP contribution < -0.4 is 20.1 Å². The average molecular weight is 477 g/mol. The van der Waals surface area contributed by atoms with Gasteiger partial charge in [0, 0.05) is 25.8 Å². The molecular formula is C19H32IN3O3. The van der Waals surface area contributed by atoms with E-state index in [0.29, 0.717) is 12.6 Å². The first-order valence-electron chi connectivity index (χ1n) is 9.15. The van der Waals surface area contributed by atoms with Gasteiger partial charge in [0.2, 0.25) is 0 Å². The lowest BCUT2D eigenvalue weighted by Gasteiger charge is -2.16. The van der Waals surface area contributed by atoms with Gasteiger partial charge in [0.25, 0.3) is 0 Å². The fourth-order valence-corrected chi connectivity index (χ4v) is 2.73. The van der Waals surface area contributed by atoms with Crippen molar-refractivity contribution in [3.8, 4) is 11.5 Å². The quantitative estimate of drug-likeness (QED) is 0.325. The van der Waals surface area contributed by atoms with Gasteiger partial charge in [-0.1, -0.05) is 6.07 Å². The number of nitrogens with one attached hydrogen (secondary N) is 2. The number of ether oxygens (including phenoxy) is 3. The zero-order valence-electron chi connectivity index (χ0n) is 16.0. The number of guanidine groups is 1. The lowest BCUT2D eigenvalue weighted by atomic mass is 10.2. The van der Waals surface area contributed by atoms with E-state index in [0.717, 1.165) is 43.6 Å². The number of benzene rings is 1. The molecule has 0 bridgehead atoms. The summed E-state index contributed by atoms with van der Waals surface area (Å²) in [5.41, 5.74) is 0. The minimum atomic E-state index is -0.0271. The van der Waals surface area contributed by atoms with E-state index in [1.165, 1.54) is 12.8 Å². The summed E-state index contributed by atoms with van der Waals surface area (Å²) in [7, 11) is 1.65. The van der Waals surface area contributed by atoms with Gasteiger partial charge >= 0.3 is 0 Å². The number of halogens is 1. The highest BCUT2D eigenvalue weighted by atomic mass is 127. The van der Waals surface area contributed by atoms with Gasteiger partial charge in [0.15, 0.2) is 5.96 Å². The third kappa shape index (κ3) is 8.44. The Morgan fingerprint density at radius 1 is 1.35 bits per heavy atom. The predicted octanol–water partition coefficient (Wildman–Crippen LogP) is 3.20. The third-order valence-corrected chi connectivity index (χ3v) is 4.01. The zero-order valence-corrected chi connectivity index (χ0v) is 18.3. The molecule has 2 atom stereocenters. The summed E-state index contributed by atoms with van der Waals surface area (Å²) < 4.78 is 16.8. The Labute approximate surface area is 174 Å². The summed E-state index contributed by atoms with van der Waals surface area (Å²) in [5, 5.41) is 6.64. The molecule has 1 aliphatic rings. The second kappa shape index (κ2) is 13.0. The van der Waals surface area contributed by atoms with Crippen molar-refractivity contribution in [3.05, 3.63) is 24.3 Å². The highest BCUT2D eigenvalue weighted by Gasteiger charge is 2.14. The van der Waals surface area contributed by atoms with Crippen LogP contribution in [-0.2, 0) is 4.74 Å². The summed E-state index contributed by atoms with van der Waals surface area (Å²) >= 11 is 0. The molecule has 7 heteroatoms. The first-order chi connectivity index (χ1) is 12.2. The maximum Gasteiger partial charge on any atom is 0.191 e. The van der Waals surface area contributed by atoms with Crippen molar-refractivity contribution in [1.82, 2.24) is 10.6 Å². The van der Waals surface area contributed by atoms with E-state index >= 15 is 0 Å². The van der Waals surface area contributed by atoms with Crippen molar-refractivity contribution in [1.29, 1.82) is 0 Å². The van der Waals surface area contributed by atoms with Crippen LogP contribution in [0.1, 0.15) is 33.1 Å². The number of hydrogen-bond acceptors (Lipinski definition) is 4. The fraction of sp³-hybridized carbons (Fsp3) is 0.632. The maximum absolute atomic E-state index is 5.91. The van der Waals surface area contributed by atoms with Crippen LogP contribution in [0.5, 0.6) is 11.5 Å². The molecule has 2 rings (SSSR count). The van der Waals surface area contributed by atoms with E-state index in [-0.39, 0.29) is 30.1 Å². The van der Waals surface area contributed by atoms with E-state index in [1.54, 1.807) is 7.11 Å². The van der Waals surface area contributed by atoms with Crippen molar-refractivity contribution < 1.29 is 14.2 Å². The molecule has 1 saturated heterocycles. The molecular weight excluding hydrogens is 445 g/mol. The molecule has 1 heterocycles.